The van der Waals surface area contributed by atoms with Crippen LogP contribution in [0.15, 0.2) is 48.5 Å². The number of carbonyl (C=O) groups is 2. The Labute approximate surface area is 140 Å². The molecule has 0 aliphatic carbocycles. The van der Waals surface area contributed by atoms with E-state index in [1.54, 1.807) is 37.3 Å². The molecule has 0 saturated carbocycles. The highest BCUT2D eigenvalue weighted by Gasteiger charge is 2.17. The van der Waals surface area contributed by atoms with Crippen LogP contribution in [0.4, 0.5) is 11.4 Å². The molecule has 0 aromatic heterocycles. The largest absolute Gasteiger partial charge is 0.495 e. The van der Waals surface area contributed by atoms with E-state index in [1.807, 2.05) is 18.2 Å². The zero-order valence-electron chi connectivity index (χ0n) is 13.8. The van der Waals surface area contributed by atoms with Gasteiger partial charge in [-0.25, -0.2) is 0 Å². The Balaban J connectivity index is 2.10. The number of carbonyl (C=O) groups excluding carboxylic acids is 2. The average Bonchev–Trinajstić information content (AvgIpc) is 2.55. The number of para-hydroxylation sites is 1. The predicted octanol–water partition coefficient (Wildman–Crippen LogP) is 3.06. The molecule has 0 aliphatic rings. The SMILES string of the molecule is COc1ccc(NC(C)=O)cc1NC(=O)[C@H](C)Oc1ccccc1. The van der Waals surface area contributed by atoms with E-state index in [0.29, 0.717) is 22.9 Å². The van der Waals surface area contributed by atoms with Gasteiger partial charge in [-0.1, -0.05) is 18.2 Å². The van der Waals surface area contributed by atoms with Crippen LogP contribution in [0.2, 0.25) is 0 Å². The predicted molar refractivity (Wildman–Crippen MR) is 92.5 cm³/mol. The summed E-state index contributed by atoms with van der Waals surface area (Å²) < 4.78 is 10.8. The molecule has 0 unspecified atom stereocenters. The van der Waals surface area contributed by atoms with Gasteiger partial charge in [-0.15, -0.1) is 0 Å². The smallest absolute Gasteiger partial charge is 0.265 e. The molecular weight excluding hydrogens is 308 g/mol. The Morgan fingerprint density at radius 1 is 1.04 bits per heavy atom. The van der Waals surface area contributed by atoms with Crippen molar-refractivity contribution in [2.24, 2.45) is 0 Å². The highest BCUT2D eigenvalue weighted by atomic mass is 16.5. The second kappa shape index (κ2) is 8.01. The van der Waals surface area contributed by atoms with Crippen LogP contribution < -0.4 is 20.1 Å². The zero-order valence-corrected chi connectivity index (χ0v) is 13.8. The molecule has 0 heterocycles. The topological polar surface area (TPSA) is 76.7 Å². The van der Waals surface area contributed by atoms with Crippen LogP contribution in [0.5, 0.6) is 11.5 Å². The zero-order chi connectivity index (χ0) is 17.5. The highest BCUT2D eigenvalue weighted by molar-refractivity contribution is 5.97. The van der Waals surface area contributed by atoms with Gasteiger partial charge in [-0.05, 0) is 37.3 Å². The fourth-order valence-electron chi connectivity index (χ4n) is 2.08. The Bertz CT molecular complexity index is 716. The first kappa shape index (κ1) is 17.3. The fourth-order valence-corrected chi connectivity index (χ4v) is 2.08. The van der Waals surface area contributed by atoms with Crippen LogP contribution in [-0.4, -0.2) is 25.0 Å². The van der Waals surface area contributed by atoms with Gasteiger partial charge in [-0.3, -0.25) is 9.59 Å². The maximum atomic E-state index is 12.3. The quantitative estimate of drug-likeness (QED) is 0.854. The third-order valence-corrected chi connectivity index (χ3v) is 3.20. The van der Waals surface area contributed by atoms with Gasteiger partial charge in [0.05, 0.1) is 12.8 Å². The second-order valence-electron chi connectivity index (χ2n) is 5.16. The van der Waals surface area contributed by atoms with E-state index in [-0.39, 0.29) is 11.8 Å². The Kier molecular flexibility index (Phi) is 5.78. The molecule has 0 radical (unpaired) electrons. The molecule has 0 bridgehead atoms. The van der Waals surface area contributed by atoms with Crippen LogP contribution in [0.3, 0.4) is 0 Å². The van der Waals surface area contributed by atoms with Crippen LogP contribution in [0, 0.1) is 0 Å². The molecule has 0 saturated heterocycles. The molecule has 2 aromatic carbocycles. The fraction of sp³-hybridized carbons (Fsp3) is 0.222. The third-order valence-electron chi connectivity index (χ3n) is 3.20. The normalized spacial score (nSPS) is 11.3. The van der Waals surface area contributed by atoms with Crippen molar-refractivity contribution in [2.75, 3.05) is 17.7 Å². The van der Waals surface area contributed by atoms with Crippen molar-refractivity contribution in [1.29, 1.82) is 0 Å². The van der Waals surface area contributed by atoms with E-state index in [9.17, 15) is 9.59 Å². The number of hydrogen-bond acceptors (Lipinski definition) is 4. The van der Waals surface area contributed by atoms with Gasteiger partial charge in [0.1, 0.15) is 11.5 Å². The van der Waals surface area contributed by atoms with E-state index in [2.05, 4.69) is 10.6 Å². The molecule has 1 atom stereocenters. The van der Waals surface area contributed by atoms with Gasteiger partial charge in [0.2, 0.25) is 5.91 Å². The Hall–Kier alpha value is -3.02. The Morgan fingerprint density at radius 2 is 1.75 bits per heavy atom. The summed E-state index contributed by atoms with van der Waals surface area (Å²) in [6, 6.07) is 14.1. The van der Waals surface area contributed by atoms with Crippen molar-refractivity contribution >= 4 is 23.2 Å². The Morgan fingerprint density at radius 3 is 2.38 bits per heavy atom. The first-order valence-electron chi connectivity index (χ1n) is 7.48. The molecule has 6 nitrogen and oxygen atoms in total. The average molecular weight is 328 g/mol. The van der Waals surface area contributed by atoms with E-state index in [4.69, 9.17) is 9.47 Å². The van der Waals surface area contributed by atoms with Gasteiger partial charge in [0, 0.05) is 12.6 Å². The number of hydrogen-bond donors (Lipinski definition) is 2. The van der Waals surface area contributed by atoms with Crippen LogP contribution in [0.1, 0.15) is 13.8 Å². The number of methoxy groups -OCH3 is 1. The summed E-state index contributed by atoms with van der Waals surface area (Å²) in [5.41, 5.74) is 1.02. The molecule has 2 N–H and O–H groups in total. The highest BCUT2D eigenvalue weighted by Crippen LogP contribution is 2.28. The molecule has 0 spiro atoms. The first-order valence-corrected chi connectivity index (χ1v) is 7.48. The van der Waals surface area contributed by atoms with Crippen LogP contribution in [-0.2, 0) is 9.59 Å². The molecule has 2 aromatic rings. The molecule has 0 aliphatic heterocycles. The van der Waals surface area contributed by atoms with Gasteiger partial charge in [-0.2, -0.15) is 0 Å². The summed E-state index contributed by atoms with van der Waals surface area (Å²) in [5, 5.41) is 5.42. The summed E-state index contributed by atoms with van der Waals surface area (Å²) in [5.74, 6) is 0.582. The van der Waals surface area contributed by atoms with E-state index in [1.165, 1.54) is 14.0 Å². The van der Waals surface area contributed by atoms with Gasteiger partial charge in [0.15, 0.2) is 6.10 Å². The van der Waals surface area contributed by atoms with Crippen molar-refractivity contribution in [3.8, 4) is 11.5 Å². The number of amides is 2. The molecule has 6 heteroatoms. The molecule has 2 rings (SSSR count). The minimum Gasteiger partial charge on any atom is -0.495 e. The maximum Gasteiger partial charge on any atom is 0.265 e. The standard InChI is InChI=1S/C18H20N2O4/c1-12(24-15-7-5-4-6-8-15)18(22)20-16-11-14(19-13(2)21)9-10-17(16)23-3/h4-12H,1-3H3,(H,19,21)(H,20,22)/t12-/m0/s1. The van der Waals surface area contributed by atoms with Gasteiger partial charge < -0.3 is 20.1 Å². The van der Waals surface area contributed by atoms with Gasteiger partial charge in [0.25, 0.3) is 5.91 Å². The maximum absolute atomic E-state index is 12.3. The van der Waals surface area contributed by atoms with E-state index in [0.717, 1.165) is 0 Å². The molecule has 2 amide bonds. The number of rotatable bonds is 6. The molecular formula is C18H20N2O4. The summed E-state index contributed by atoms with van der Waals surface area (Å²) >= 11 is 0. The van der Waals surface area contributed by atoms with Crippen molar-refractivity contribution in [3.05, 3.63) is 48.5 Å². The lowest BCUT2D eigenvalue weighted by Crippen LogP contribution is -2.30. The van der Waals surface area contributed by atoms with Crippen LogP contribution in [0.25, 0.3) is 0 Å². The molecule has 0 fully saturated rings. The minimum atomic E-state index is -0.693. The summed E-state index contributed by atoms with van der Waals surface area (Å²) in [4.78, 5) is 23.5. The summed E-state index contributed by atoms with van der Waals surface area (Å²) in [6.45, 7) is 3.07. The monoisotopic (exact) mass is 328 g/mol. The van der Waals surface area contributed by atoms with Crippen LogP contribution >= 0.6 is 0 Å². The lowest BCUT2D eigenvalue weighted by atomic mass is 10.2. The van der Waals surface area contributed by atoms with E-state index >= 15 is 0 Å². The molecule has 126 valence electrons. The molecule has 24 heavy (non-hydrogen) atoms. The van der Waals surface area contributed by atoms with Crippen molar-refractivity contribution in [2.45, 2.75) is 20.0 Å². The lowest BCUT2D eigenvalue weighted by molar-refractivity contribution is -0.122. The third kappa shape index (κ3) is 4.74. The number of benzene rings is 2. The number of anilines is 2. The number of nitrogens with one attached hydrogen (secondary N) is 2. The summed E-state index contributed by atoms with van der Waals surface area (Å²) in [6.07, 6.45) is -0.693. The van der Waals surface area contributed by atoms with Crippen molar-refractivity contribution in [1.82, 2.24) is 0 Å². The minimum absolute atomic E-state index is 0.196. The second-order valence-corrected chi connectivity index (χ2v) is 5.16. The first-order chi connectivity index (χ1) is 11.5. The van der Waals surface area contributed by atoms with E-state index < -0.39 is 6.10 Å². The van der Waals surface area contributed by atoms with Gasteiger partial charge >= 0.3 is 0 Å². The van der Waals surface area contributed by atoms with Crippen molar-refractivity contribution in [3.63, 3.8) is 0 Å². The lowest BCUT2D eigenvalue weighted by Gasteiger charge is -2.17. The number of ether oxygens (including phenoxy) is 2. The van der Waals surface area contributed by atoms with Crippen molar-refractivity contribution < 1.29 is 19.1 Å². The summed E-state index contributed by atoms with van der Waals surface area (Å²) in [7, 11) is 1.51.